The van der Waals surface area contributed by atoms with Crippen LogP contribution in [0.2, 0.25) is 0 Å². The molecule has 13 nitrogen and oxygen atoms in total. The number of fused-ring (bicyclic) bond motifs is 1. The Bertz CT molecular complexity index is 1230. The molecule has 3 rings (SSSR count). The smallest absolute Gasteiger partial charge is 0.161 e. The molecule has 3 fully saturated rings. The van der Waals surface area contributed by atoms with Gasteiger partial charge in [0.25, 0.3) is 0 Å². The highest BCUT2D eigenvalue weighted by molar-refractivity contribution is 8.00. The van der Waals surface area contributed by atoms with Gasteiger partial charge in [0.2, 0.25) is 0 Å². The number of unbranched alkanes of at least 4 members (excludes halogenated alkanes) is 11. The molecular weight excluding hydrogens is 807 g/mol. The molecule has 0 saturated carbocycles. The van der Waals surface area contributed by atoms with E-state index < -0.39 is 42.3 Å². The minimum atomic E-state index is -1.64. The Labute approximate surface area is 368 Å². The lowest BCUT2D eigenvalue weighted by molar-refractivity contribution is -0.244. The molecule has 0 aromatic heterocycles. The number of carbonyl (C=O) groups excluding carboxylic acids is 4. The summed E-state index contributed by atoms with van der Waals surface area (Å²) >= 11 is 3.35. The molecule has 0 aromatic carbocycles. The van der Waals surface area contributed by atoms with Crippen LogP contribution in [0.5, 0.6) is 0 Å². The number of carbonyl (C=O) groups is 4. The van der Waals surface area contributed by atoms with Crippen molar-refractivity contribution in [2.75, 3.05) is 31.2 Å². The summed E-state index contributed by atoms with van der Waals surface area (Å²) < 4.78 is 5.60. The molecule has 60 heavy (non-hydrogen) atoms. The second kappa shape index (κ2) is 31.0. The minimum Gasteiger partial charge on any atom is -0.394 e. The van der Waals surface area contributed by atoms with Gasteiger partial charge in [0.15, 0.2) is 6.35 Å². The predicted octanol–water partition coefficient (Wildman–Crippen LogP) is 5.24. The van der Waals surface area contributed by atoms with Crippen molar-refractivity contribution in [3.63, 3.8) is 0 Å². The first kappa shape index (κ1) is 53.4. The van der Waals surface area contributed by atoms with Crippen LogP contribution in [0, 0.1) is 0 Å². The largest absolute Gasteiger partial charge is 0.394 e. The summed E-state index contributed by atoms with van der Waals surface area (Å²) in [5, 5.41) is 60.4. The van der Waals surface area contributed by atoms with E-state index in [1.807, 2.05) is 11.8 Å². The van der Waals surface area contributed by atoms with E-state index in [0.717, 1.165) is 115 Å². The normalized spacial score (nSPS) is 27.6. The van der Waals surface area contributed by atoms with Gasteiger partial charge in [-0.05, 0) is 103 Å². The van der Waals surface area contributed by atoms with Crippen LogP contribution in [0.1, 0.15) is 174 Å². The molecule has 0 radical (unpaired) electrons. The number of thioether (sulfide) groups is 2. The maximum Gasteiger partial charge on any atom is 0.161 e. The molecule has 0 amide bonds. The van der Waals surface area contributed by atoms with Gasteiger partial charge in [0.05, 0.1) is 6.61 Å². The van der Waals surface area contributed by atoms with Crippen molar-refractivity contribution in [2.24, 2.45) is 0 Å². The Kier molecular flexibility index (Phi) is 27.6. The second-order valence-electron chi connectivity index (χ2n) is 17.7. The highest BCUT2D eigenvalue weighted by atomic mass is 32.2. The van der Waals surface area contributed by atoms with E-state index >= 15 is 0 Å². The van der Waals surface area contributed by atoms with Crippen LogP contribution in [-0.2, 0) is 23.9 Å². The van der Waals surface area contributed by atoms with E-state index in [9.17, 15) is 44.7 Å². The van der Waals surface area contributed by atoms with Gasteiger partial charge in [-0.3, -0.25) is 29.8 Å². The number of aliphatic hydroxyl groups is 5. The van der Waals surface area contributed by atoms with Crippen LogP contribution < -0.4 is 16.0 Å². The van der Waals surface area contributed by atoms with Crippen molar-refractivity contribution < 1.29 is 49.4 Å². The van der Waals surface area contributed by atoms with Gasteiger partial charge in [-0.25, -0.2) is 0 Å². The summed E-state index contributed by atoms with van der Waals surface area (Å²) in [6.07, 6.45) is 17.0. The molecule has 0 aromatic rings. The number of ether oxygens (including phenoxy) is 1. The Morgan fingerprint density at radius 3 is 1.60 bits per heavy atom. The predicted molar refractivity (Wildman–Crippen MR) is 240 cm³/mol. The van der Waals surface area contributed by atoms with E-state index in [0.29, 0.717) is 80.2 Å². The molecule has 3 aliphatic rings. The molecule has 3 saturated heterocycles. The topological polar surface area (TPSA) is 215 Å². The summed E-state index contributed by atoms with van der Waals surface area (Å²) in [4.78, 5) is 49.1. The van der Waals surface area contributed by atoms with Gasteiger partial charge >= 0.3 is 0 Å². The number of hydrogen-bond donors (Lipinski definition) is 8. The highest BCUT2D eigenvalue weighted by Crippen LogP contribution is 2.36. The number of rotatable bonds is 37. The van der Waals surface area contributed by atoms with Crippen LogP contribution >= 0.6 is 23.5 Å². The van der Waals surface area contributed by atoms with Gasteiger partial charge in [0.1, 0.15) is 52.5 Å². The molecule has 0 aliphatic carbocycles. The minimum absolute atomic E-state index is 0.235. The Morgan fingerprint density at radius 1 is 0.667 bits per heavy atom. The zero-order valence-corrected chi connectivity index (χ0v) is 38.3. The zero-order chi connectivity index (χ0) is 43.6. The molecular formula is C45H81N3O10S2. The lowest BCUT2D eigenvalue weighted by atomic mass is 9.89. The van der Waals surface area contributed by atoms with Crippen LogP contribution in [-0.4, -0.2) is 133 Å². The third kappa shape index (κ3) is 21.1. The first-order chi connectivity index (χ1) is 28.9. The Balaban J connectivity index is 1.00. The molecule has 8 N–H and O–H groups in total. The lowest BCUT2D eigenvalue weighted by Gasteiger charge is -2.46. The number of ketones is 4. The molecule has 0 bridgehead atoms. The van der Waals surface area contributed by atoms with E-state index in [1.165, 1.54) is 37.9 Å². The fourth-order valence-corrected chi connectivity index (χ4v) is 11.3. The molecule has 6 unspecified atom stereocenters. The van der Waals surface area contributed by atoms with Gasteiger partial charge in [-0.2, -0.15) is 11.8 Å². The lowest BCUT2D eigenvalue weighted by Crippen LogP contribution is -2.64. The highest BCUT2D eigenvalue weighted by Gasteiger charge is 2.51. The van der Waals surface area contributed by atoms with Crippen LogP contribution in [0.3, 0.4) is 0 Å². The average Bonchev–Trinajstić information content (AvgIpc) is 3.78. The van der Waals surface area contributed by atoms with Crippen molar-refractivity contribution in [1.29, 1.82) is 0 Å². The quantitative estimate of drug-likeness (QED) is 0.0375. The molecule has 3 heterocycles. The Morgan fingerprint density at radius 2 is 1.12 bits per heavy atom. The zero-order valence-electron chi connectivity index (χ0n) is 36.6. The molecule has 9 atom stereocenters. The molecule has 348 valence electrons. The third-order valence-electron chi connectivity index (χ3n) is 12.3. The molecule has 3 aliphatic heterocycles. The molecule has 15 heteroatoms. The number of Topliss-reactive ketones (excluding diaryl/α,β-unsaturated/α-hetero) is 4. The fraction of sp³-hybridized carbons (Fsp3) is 0.911. The maximum atomic E-state index is 12.3. The second-order valence-corrected chi connectivity index (χ2v) is 20.1. The number of hydrogen-bond acceptors (Lipinski definition) is 15. The van der Waals surface area contributed by atoms with Crippen LogP contribution in [0.4, 0.5) is 0 Å². The van der Waals surface area contributed by atoms with Crippen molar-refractivity contribution in [3.8, 4) is 0 Å². The van der Waals surface area contributed by atoms with Gasteiger partial charge < -0.3 is 35.6 Å². The Hall–Kier alpha value is -0.980. The fourth-order valence-electron chi connectivity index (χ4n) is 8.41. The van der Waals surface area contributed by atoms with Crippen molar-refractivity contribution in [3.05, 3.63) is 0 Å². The van der Waals surface area contributed by atoms with Crippen molar-refractivity contribution >= 4 is 46.7 Å². The number of aliphatic hydroxyl groups excluding tert-OH is 4. The summed E-state index contributed by atoms with van der Waals surface area (Å²) in [5.41, 5.74) is -2.40. The van der Waals surface area contributed by atoms with E-state index in [-0.39, 0.29) is 17.3 Å². The first-order valence-corrected chi connectivity index (χ1v) is 25.6. The number of nitrogens with one attached hydrogen (secondary N) is 3. The average molecular weight is 888 g/mol. The van der Waals surface area contributed by atoms with Crippen LogP contribution in [0.25, 0.3) is 0 Å². The van der Waals surface area contributed by atoms with Gasteiger partial charge in [-0.15, -0.1) is 11.8 Å². The summed E-state index contributed by atoms with van der Waals surface area (Å²) in [7, 11) is 0. The van der Waals surface area contributed by atoms with Crippen LogP contribution in [0.15, 0.2) is 0 Å². The summed E-state index contributed by atoms with van der Waals surface area (Å²) in [5.74, 6) is 2.84. The SMILES string of the molecule is CC1(O)[C@H](SCCCCCC(=O)CCCCCC(=O)CCCCCC(=O)CCCCCC(=O)CCCCCNCCCCC2SCC3NC(O)NC32)OC(CO)[C@H](O)[C@@H]1O. The maximum absolute atomic E-state index is 12.3. The van der Waals surface area contributed by atoms with Gasteiger partial charge in [-0.1, -0.05) is 38.5 Å². The summed E-state index contributed by atoms with van der Waals surface area (Å²) in [6, 6.07) is 0.792. The summed E-state index contributed by atoms with van der Waals surface area (Å²) in [6.45, 7) is 3.01. The van der Waals surface area contributed by atoms with Gasteiger partial charge in [0, 0.05) is 74.5 Å². The van der Waals surface area contributed by atoms with E-state index in [4.69, 9.17) is 4.74 Å². The van der Waals surface area contributed by atoms with Crippen molar-refractivity contribution in [2.45, 2.75) is 227 Å². The molecule has 0 spiro atoms. The van der Waals surface area contributed by atoms with Crippen molar-refractivity contribution in [1.82, 2.24) is 16.0 Å². The van der Waals surface area contributed by atoms with E-state index in [1.54, 1.807) is 0 Å². The monoisotopic (exact) mass is 888 g/mol. The standard InChI is InChI=1S/C45H81N3O10S2/c1-45(57)42(55)41(54)38(31-49)58-43(45)59-30-18-6-14-26-36(53)24-12-4-10-22-34(51)20-8-2-7-19-33(50)21-9-3-11-23-35(52)25-13-5-16-28-46-29-17-15-27-39-40-37(32-60-39)47-44(56)48-40/h37-44,46-49,54-57H,2-32H2,1H3/t37?,38?,39?,40?,41-,42-,43-,44?,45?/m0/s1. The first-order valence-electron chi connectivity index (χ1n) is 23.5. The van der Waals surface area contributed by atoms with E-state index in [2.05, 4.69) is 16.0 Å². The third-order valence-corrected chi connectivity index (χ3v) is 15.2.